The minimum absolute atomic E-state index is 0.708. The first-order chi connectivity index (χ1) is 6.66. The summed E-state index contributed by atoms with van der Waals surface area (Å²) in [7, 11) is 0. The van der Waals surface area contributed by atoms with E-state index in [2.05, 4.69) is 13.8 Å². The summed E-state index contributed by atoms with van der Waals surface area (Å²) in [4.78, 5) is 11.0. The minimum atomic E-state index is 0.708. The Morgan fingerprint density at radius 1 is 1.14 bits per heavy atom. The van der Waals surface area contributed by atoms with E-state index >= 15 is 0 Å². The Bertz CT molecular complexity index is 406. The average molecular weight is 190 g/mol. The van der Waals surface area contributed by atoms with Gasteiger partial charge in [-0.1, -0.05) is 0 Å². The molecule has 0 saturated carbocycles. The van der Waals surface area contributed by atoms with E-state index in [-0.39, 0.29) is 0 Å². The van der Waals surface area contributed by atoms with E-state index < -0.39 is 0 Å². The van der Waals surface area contributed by atoms with Crippen molar-refractivity contribution in [3.05, 3.63) is 27.8 Å². The fourth-order valence-corrected chi connectivity index (χ4v) is 2.08. The number of aldehydes is 1. The van der Waals surface area contributed by atoms with Crippen molar-refractivity contribution in [3.8, 4) is 5.75 Å². The predicted octanol–water partition coefficient (Wildman–Crippen LogP) is 2.36. The Morgan fingerprint density at radius 3 is 2.50 bits per heavy atom. The highest BCUT2D eigenvalue weighted by Crippen LogP contribution is 2.35. The molecule has 0 amide bonds. The lowest BCUT2D eigenvalue weighted by molar-refractivity contribution is 0.112. The molecule has 2 nitrogen and oxygen atoms in total. The summed E-state index contributed by atoms with van der Waals surface area (Å²) < 4.78 is 5.51. The molecule has 2 rings (SSSR count). The molecule has 2 heteroatoms. The van der Waals surface area contributed by atoms with Crippen LogP contribution in [0.5, 0.6) is 5.75 Å². The molecule has 0 N–H and O–H groups in total. The first-order valence-corrected chi connectivity index (χ1v) is 4.87. The number of benzene rings is 1. The smallest absolute Gasteiger partial charge is 0.154 e. The van der Waals surface area contributed by atoms with Crippen LogP contribution in [0.2, 0.25) is 0 Å². The molecule has 1 aromatic carbocycles. The molecule has 74 valence electrons. The molecule has 1 aliphatic rings. The normalized spacial score (nSPS) is 13.6. The Labute approximate surface area is 83.9 Å². The second-order valence-corrected chi connectivity index (χ2v) is 3.81. The second kappa shape index (κ2) is 3.12. The van der Waals surface area contributed by atoms with Gasteiger partial charge in [0.05, 0.1) is 12.2 Å². The van der Waals surface area contributed by atoms with Crippen LogP contribution in [0.3, 0.4) is 0 Å². The zero-order valence-corrected chi connectivity index (χ0v) is 8.81. The van der Waals surface area contributed by atoms with E-state index in [1.807, 2.05) is 6.92 Å². The van der Waals surface area contributed by atoms with Gasteiger partial charge in [-0.25, -0.2) is 0 Å². The monoisotopic (exact) mass is 190 g/mol. The van der Waals surface area contributed by atoms with Crippen LogP contribution in [-0.2, 0) is 6.42 Å². The lowest BCUT2D eigenvalue weighted by Gasteiger charge is -2.13. The molecule has 0 fully saturated rings. The Hall–Kier alpha value is -1.31. The van der Waals surface area contributed by atoms with Gasteiger partial charge < -0.3 is 4.74 Å². The first kappa shape index (κ1) is 9.25. The number of hydrogen-bond donors (Lipinski definition) is 0. The van der Waals surface area contributed by atoms with Crippen molar-refractivity contribution in [1.82, 2.24) is 0 Å². The van der Waals surface area contributed by atoms with Gasteiger partial charge in [-0.15, -0.1) is 0 Å². The number of carbonyl (C=O) groups is 1. The third-order valence-electron chi connectivity index (χ3n) is 3.22. The zero-order valence-electron chi connectivity index (χ0n) is 8.81. The molecule has 0 atom stereocenters. The fraction of sp³-hybridized carbons (Fsp3) is 0.417. The molecule has 0 spiro atoms. The third-order valence-corrected chi connectivity index (χ3v) is 3.22. The highest BCUT2D eigenvalue weighted by Gasteiger charge is 2.22. The Kier molecular flexibility index (Phi) is 2.06. The number of hydrogen-bond acceptors (Lipinski definition) is 2. The van der Waals surface area contributed by atoms with Crippen molar-refractivity contribution in [1.29, 1.82) is 0 Å². The van der Waals surface area contributed by atoms with E-state index in [9.17, 15) is 4.79 Å². The summed E-state index contributed by atoms with van der Waals surface area (Å²) in [6.07, 6.45) is 1.84. The number of rotatable bonds is 1. The predicted molar refractivity (Wildman–Crippen MR) is 55.2 cm³/mol. The van der Waals surface area contributed by atoms with Gasteiger partial charge in [0.1, 0.15) is 5.75 Å². The molecular formula is C12H14O2. The van der Waals surface area contributed by atoms with Gasteiger partial charge in [-0.05, 0) is 37.5 Å². The molecule has 0 saturated heterocycles. The van der Waals surface area contributed by atoms with Gasteiger partial charge in [0.15, 0.2) is 6.29 Å². The standard InChI is InChI=1S/C12H14O2/c1-7-8(2)10-4-5-14-12(10)11(6-13)9(7)3/h6H,4-5H2,1-3H3. The van der Waals surface area contributed by atoms with Gasteiger partial charge in [0.2, 0.25) is 0 Å². The van der Waals surface area contributed by atoms with E-state index in [4.69, 9.17) is 4.74 Å². The van der Waals surface area contributed by atoms with Gasteiger partial charge >= 0.3 is 0 Å². The molecule has 0 bridgehead atoms. The van der Waals surface area contributed by atoms with Gasteiger partial charge in [0.25, 0.3) is 0 Å². The van der Waals surface area contributed by atoms with Crippen molar-refractivity contribution < 1.29 is 9.53 Å². The Balaban J connectivity index is 2.80. The molecular weight excluding hydrogens is 176 g/mol. The lowest BCUT2D eigenvalue weighted by atomic mass is 9.93. The maximum atomic E-state index is 11.0. The van der Waals surface area contributed by atoms with Crippen molar-refractivity contribution in [2.75, 3.05) is 6.61 Å². The molecule has 0 aliphatic carbocycles. The van der Waals surface area contributed by atoms with Crippen LogP contribution >= 0.6 is 0 Å². The molecule has 0 unspecified atom stereocenters. The lowest BCUT2D eigenvalue weighted by Crippen LogP contribution is -1.99. The first-order valence-electron chi connectivity index (χ1n) is 4.87. The fourth-order valence-electron chi connectivity index (χ4n) is 2.08. The highest BCUT2D eigenvalue weighted by molar-refractivity contribution is 5.84. The maximum Gasteiger partial charge on any atom is 0.154 e. The Morgan fingerprint density at radius 2 is 1.86 bits per heavy atom. The average Bonchev–Trinajstić information content (AvgIpc) is 2.64. The van der Waals surface area contributed by atoms with Crippen molar-refractivity contribution in [3.63, 3.8) is 0 Å². The molecule has 0 radical (unpaired) electrons. The zero-order chi connectivity index (χ0) is 10.3. The van der Waals surface area contributed by atoms with Crippen molar-refractivity contribution >= 4 is 6.29 Å². The SMILES string of the molecule is Cc1c(C)c(C=O)c2c(c1C)CCO2. The molecule has 1 aliphatic heterocycles. The highest BCUT2D eigenvalue weighted by atomic mass is 16.5. The van der Waals surface area contributed by atoms with Gasteiger partial charge in [-0.3, -0.25) is 4.79 Å². The molecule has 14 heavy (non-hydrogen) atoms. The summed E-state index contributed by atoms with van der Waals surface area (Å²) in [6.45, 7) is 6.86. The molecule has 1 heterocycles. The number of fused-ring (bicyclic) bond motifs is 1. The van der Waals surface area contributed by atoms with Gasteiger partial charge in [0, 0.05) is 12.0 Å². The van der Waals surface area contributed by atoms with E-state index in [0.717, 1.165) is 29.6 Å². The van der Waals surface area contributed by atoms with E-state index in [0.29, 0.717) is 6.61 Å². The number of ether oxygens (including phenoxy) is 1. The number of carbonyl (C=O) groups excluding carboxylic acids is 1. The summed E-state index contributed by atoms with van der Waals surface area (Å²) in [5, 5.41) is 0. The summed E-state index contributed by atoms with van der Waals surface area (Å²) in [5.41, 5.74) is 5.51. The van der Waals surface area contributed by atoms with Crippen LogP contribution < -0.4 is 4.74 Å². The summed E-state index contributed by atoms with van der Waals surface area (Å²) >= 11 is 0. The van der Waals surface area contributed by atoms with Crippen LogP contribution in [-0.4, -0.2) is 12.9 Å². The maximum absolute atomic E-state index is 11.0. The molecule has 0 aromatic heterocycles. The summed E-state index contributed by atoms with van der Waals surface area (Å²) in [6, 6.07) is 0. The third kappa shape index (κ3) is 1.07. The van der Waals surface area contributed by atoms with E-state index in [1.54, 1.807) is 0 Å². The minimum Gasteiger partial charge on any atom is -0.492 e. The second-order valence-electron chi connectivity index (χ2n) is 3.81. The van der Waals surface area contributed by atoms with Crippen LogP contribution in [0.1, 0.15) is 32.6 Å². The van der Waals surface area contributed by atoms with Gasteiger partial charge in [-0.2, -0.15) is 0 Å². The largest absolute Gasteiger partial charge is 0.492 e. The summed E-state index contributed by atoms with van der Waals surface area (Å²) in [5.74, 6) is 0.820. The molecule has 1 aromatic rings. The van der Waals surface area contributed by atoms with E-state index in [1.165, 1.54) is 16.7 Å². The van der Waals surface area contributed by atoms with Crippen LogP contribution in [0.25, 0.3) is 0 Å². The van der Waals surface area contributed by atoms with Crippen LogP contribution in [0.15, 0.2) is 0 Å². The van der Waals surface area contributed by atoms with Crippen LogP contribution in [0.4, 0.5) is 0 Å². The van der Waals surface area contributed by atoms with Crippen LogP contribution in [0, 0.1) is 20.8 Å². The topological polar surface area (TPSA) is 26.3 Å². The quantitative estimate of drug-likeness (QED) is 0.635. The van der Waals surface area contributed by atoms with Crippen molar-refractivity contribution in [2.24, 2.45) is 0 Å². The van der Waals surface area contributed by atoms with Crippen molar-refractivity contribution in [2.45, 2.75) is 27.2 Å².